The van der Waals surface area contributed by atoms with Gasteiger partial charge >= 0.3 is 0 Å². The standard InChI is InChI=1S/C6H10N2O/c1-8(7)5-3-2-4-6-9/h2-6H,7H2,1H3/b4-2-,5-3-. The minimum atomic E-state index is 0.709. The molecule has 0 aromatic carbocycles. The highest BCUT2D eigenvalue weighted by atomic mass is 16.1. The van der Waals surface area contributed by atoms with Crippen LogP contribution in [0.1, 0.15) is 0 Å². The second-order valence-electron chi connectivity index (χ2n) is 1.53. The summed E-state index contributed by atoms with van der Waals surface area (Å²) >= 11 is 0. The van der Waals surface area contributed by atoms with Gasteiger partial charge in [-0.15, -0.1) is 0 Å². The van der Waals surface area contributed by atoms with Crippen LogP contribution in [0.2, 0.25) is 0 Å². The van der Waals surface area contributed by atoms with Crippen molar-refractivity contribution in [1.82, 2.24) is 5.01 Å². The van der Waals surface area contributed by atoms with Gasteiger partial charge in [0.05, 0.1) is 0 Å². The van der Waals surface area contributed by atoms with E-state index >= 15 is 0 Å². The van der Waals surface area contributed by atoms with E-state index in [4.69, 9.17) is 5.84 Å². The first-order valence-electron chi connectivity index (χ1n) is 2.53. The van der Waals surface area contributed by atoms with Gasteiger partial charge in [-0.3, -0.25) is 4.79 Å². The lowest BCUT2D eigenvalue weighted by Gasteiger charge is -2.00. The minimum Gasteiger partial charge on any atom is -0.321 e. The summed E-state index contributed by atoms with van der Waals surface area (Å²) in [5.74, 6) is 5.20. The molecule has 0 saturated heterocycles. The van der Waals surface area contributed by atoms with E-state index in [1.54, 1.807) is 25.4 Å². The summed E-state index contributed by atoms with van der Waals surface area (Å²) in [6.07, 6.45) is 7.02. The van der Waals surface area contributed by atoms with Crippen molar-refractivity contribution in [3.63, 3.8) is 0 Å². The van der Waals surface area contributed by atoms with E-state index in [9.17, 15) is 4.79 Å². The number of rotatable bonds is 3. The quantitative estimate of drug-likeness (QED) is 0.191. The SMILES string of the molecule is CN(N)/C=C\C=C/C=O. The first-order chi connectivity index (χ1) is 4.27. The summed E-state index contributed by atoms with van der Waals surface area (Å²) in [6, 6.07) is 0. The summed E-state index contributed by atoms with van der Waals surface area (Å²) in [5, 5.41) is 1.40. The van der Waals surface area contributed by atoms with Gasteiger partial charge in [0.15, 0.2) is 0 Å². The van der Waals surface area contributed by atoms with Crippen LogP contribution < -0.4 is 5.84 Å². The van der Waals surface area contributed by atoms with Crippen molar-refractivity contribution in [2.75, 3.05) is 7.05 Å². The predicted octanol–water partition coefficient (Wildman–Crippen LogP) is 0.0607. The molecule has 0 unspecified atom stereocenters. The van der Waals surface area contributed by atoms with Crippen molar-refractivity contribution in [3.8, 4) is 0 Å². The van der Waals surface area contributed by atoms with Crippen LogP contribution in [0.3, 0.4) is 0 Å². The van der Waals surface area contributed by atoms with Crippen LogP contribution >= 0.6 is 0 Å². The first-order valence-corrected chi connectivity index (χ1v) is 2.53. The Morgan fingerprint density at radius 3 is 2.44 bits per heavy atom. The second-order valence-corrected chi connectivity index (χ2v) is 1.53. The lowest BCUT2D eigenvalue weighted by Crippen LogP contribution is -2.17. The first kappa shape index (κ1) is 7.91. The van der Waals surface area contributed by atoms with Gasteiger partial charge in [0.2, 0.25) is 0 Å². The fraction of sp³-hybridized carbons (Fsp3) is 0.167. The van der Waals surface area contributed by atoms with Crippen LogP contribution in [0, 0.1) is 0 Å². The number of allylic oxidation sites excluding steroid dienone is 3. The average molecular weight is 126 g/mol. The van der Waals surface area contributed by atoms with Crippen molar-refractivity contribution in [1.29, 1.82) is 0 Å². The Hall–Kier alpha value is -1.09. The van der Waals surface area contributed by atoms with Crippen LogP contribution in [-0.2, 0) is 4.79 Å². The zero-order valence-corrected chi connectivity index (χ0v) is 5.32. The van der Waals surface area contributed by atoms with Gasteiger partial charge in [-0.05, 0) is 12.2 Å². The third-order valence-electron chi connectivity index (χ3n) is 0.622. The molecule has 2 N–H and O–H groups in total. The lowest BCUT2D eigenvalue weighted by molar-refractivity contribution is -0.104. The Bertz CT molecular complexity index is 127. The van der Waals surface area contributed by atoms with Crippen molar-refractivity contribution in [2.45, 2.75) is 0 Å². The molecule has 0 atom stereocenters. The molecular formula is C6H10N2O. The van der Waals surface area contributed by atoms with Gasteiger partial charge in [-0.2, -0.15) is 0 Å². The summed E-state index contributed by atoms with van der Waals surface area (Å²) in [5.41, 5.74) is 0. The van der Waals surface area contributed by atoms with Crippen molar-refractivity contribution < 1.29 is 4.79 Å². The Kier molecular flexibility index (Phi) is 4.44. The molecular weight excluding hydrogens is 116 g/mol. The van der Waals surface area contributed by atoms with Gasteiger partial charge in [0, 0.05) is 13.2 Å². The van der Waals surface area contributed by atoms with Crippen molar-refractivity contribution >= 4 is 6.29 Å². The molecule has 0 fully saturated rings. The van der Waals surface area contributed by atoms with E-state index in [0.717, 1.165) is 0 Å². The van der Waals surface area contributed by atoms with Gasteiger partial charge in [0.1, 0.15) is 6.29 Å². The highest BCUT2D eigenvalue weighted by Gasteiger charge is 1.69. The van der Waals surface area contributed by atoms with E-state index in [1.807, 2.05) is 0 Å². The Balaban J connectivity index is 3.46. The third kappa shape index (κ3) is 6.91. The molecule has 3 nitrogen and oxygen atoms in total. The monoisotopic (exact) mass is 126 g/mol. The maximum atomic E-state index is 9.68. The molecule has 0 spiro atoms. The molecule has 50 valence electrons. The fourth-order valence-electron chi connectivity index (χ4n) is 0.295. The molecule has 0 aliphatic carbocycles. The van der Waals surface area contributed by atoms with Crippen LogP contribution in [0.25, 0.3) is 0 Å². The molecule has 0 saturated carbocycles. The van der Waals surface area contributed by atoms with Crippen LogP contribution in [0.15, 0.2) is 24.4 Å². The number of hydrazine groups is 1. The maximum absolute atomic E-state index is 9.68. The van der Waals surface area contributed by atoms with Crippen molar-refractivity contribution in [2.24, 2.45) is 5.84 Å². The maximum Gasteiger partial charge on any atom is 0.142 e. The zero-order chi connectivity index (χ0) is 7.11. The molecule has 0 aliphatic rings. The second kappa shape index (κ2) is 5.05. The largest absolute Gasteiger partial charge is 0.321 e. The highest BCUT2D eigenvalue weighted by molar-refractivity contribution is 5.65. The number of carbonyl (C=O) groups is 1. The molecule has 9 heavy (non-hydrogen) atoms. The average Bonchev–Trinajstić information content (AvgIpc) is 1.80. The number of nitrogens with two attached hydrogens (primary N) is 1. The molecule has 0 rings (SSSR count). The topological polar surface area (TPSA) is 46.3 Å². The number of hydrogen-bond acceptors (Lipinski definition) is 3. The molecule has 0 aromatic rings. The Morgan fingerprint density at radius 1 is 1.33 bits per heavy atom. The normalized spacial score (nSPS) is 10.9. The van der Waals surface area contributed by atoms with Gasteiger partial charge < -0.3 is 5.01 Å². The molecule has 0 radical (unpaired) electrons. The highest BCUT2D eigenvalue weighted by Crippen LogP contribution is 1.75. The number of carbonyl (C=O) groups excluding carboxylic acids is 1. The van der Waals surface area contributed by atoms with Crippen LogP contribution in [0.5, 0.6) is 0 Å². The van der Waals surface area contributed by atoms with E-state index in [1.165, 1.54) is 11.1 Å². The van der Waals surface area contributed by atoms with Crippen molar-refractivity contribution in [3.05, 3.63) is 24.4 Å². The van der Waals surface area contributed by atoms with E-state index < -0.39 is 0 Å². The zero-order valence-electron chi connectivity index (χ0n) is 5.32. The van der Waals surface area contributed by atoms with E-state index in [0.29, 0.717) is 6.29 Å². The van der Waals surface area contributed by atoms with E-state index in [-0.39, 0.29) is 0 Å². The molecule has 3 heteroatoms. The fourth-order valence-corrected chi connectivity index (χ4v) is 0.295. The summed E-state index contributed by atoms with van der Waals surface area (Å²) in [6.45, 7) is 0. The summed E-state index contributed by atoms with van der Waals surface area (Å²) < 4.78 is 0. The smallest absolute Gasteiger partial charge is 0.142 e. The van der Waals surface area contributed by atoms with Gasteiger partial charge in [0.25, 0.3) is 0 Å². The Morgan fingerprint density at radius 2 is 2.00 bits per heavy atom. The number of aldehydes is 1. The predicted molar refractivity (Wildman–Crippen MR) is 36.3 cm³/mol. The molecule has 0 heterocycles. The molecule has 0 aromatic heterocycles. The number of nitrogens with zero attached hydrogens (tertiary/aromatic N) is 1. The van der Waals surface area contributed by atoms with Gasteiger partial charge in [-0.25, -0.2) is 5.84 Å². The Labute approximate surface area is 54.4 Å². The van der Waals surface area contributed by atoms with Gasteiger partial charge in [-0.1, -0.05) is 6.08 Å². The third-order valence-corrected chi connectivity index (χ3v) is 0.622. The molecule has 0 bridgehead atoms. The molecule has 0 aliphatic heterocycles. The van der Waals surface area contributed by atoms with Crippen LogP contribution in [-0.4, -0.2) is 18.3 Å². The van der Waals surface area contributed by atoms with E-state index in [2.05, 4.69) is 0 Å². The molecule has 0 amide bonds. The summed E-state index contributed by atoms with van der Waals surface area (Å²) in [4.78, 5) is 9.68. The minimum absolute atomic E-state index is 0.709. The van der Waals surface area contributed by atoms with Crippen LogP contribution in [0.4, 0.5) is 0 Å². The summed E-state index contributed by atoms with van der Waals surface area (Å²) in [7, 11) is 1.70. The number of hydrogen-bond donors (Lipinski definition) is 1. The lowest BCUT2D eigenvalue weighted by atomic mass is 10.5.